The van der Waals surface area contributed by atoms with Crippen molar-refractivity contribution in [2.45, 2.75) is 25.5 Å². The summed E-state index contributed by atoms with van der Waals surface area (Å²) < 4.78 is 6.04. The zero-order valence-corrected chi connectivity index (χ0v) is 16.6. The van der Waals surface area contributed by atoms with Crippen LogP contribution in [-0.2, 0) is 6.61 Å². The summed E-state index contributed by atoms with van der Waals surface area (Å²) in [5, 5.41) is 3.46. The van der Waals surface area contributed by atoms with Crippen molar-refractivity contribution in [2.24, 2.45) is 5.92 Å². The summed E-state index contributed by atoms with van der Waals surface area (Å²) in [6.07, 6.45) is 2.73. The molecular weight excluding hydrogens is 367 g/mol. The minimum Gasteiger partial charge on any atom is -0.489 e. The van der Waals surface area contributed by atoms with Gasteiger partial charge in [-0.3, -0.25) is 4.90 Å². The minimum absolute atomic E-state index is 0. The van der Waals surface area contributed by atoms with E-state index in [9.17, 15) is 0 Å². The lowest BCUT2D eigenvalue weighted by Gasteiger charge is -2.35. The van der Waals surface area contributed by atoms with Gasteiger partial charge in [-0.2, -0.15) is 0 Å². The van der Waals surface area contributed by atoms with Crippen molar-refractivity contribution in [1.29, 1.82) is 0 Å². The highest BCUT2D eigenvalue weighted by molar-refractivity contribution is 5.85. The Hall–Kier alpha value is -1.26. The first-order valence-electron chi connectivity index (χ1n) is 9.11. The summed E-state index contributed by atoms with van der Waals surface area (Å²) >= 11 is 0. The van der Waals surface area contributed by atoms with Gasteiger partial charge < -0.3 is 10.1 Å². The van der Waals surface area contributed by atoms with Gasteiger partial charge in [-0.1, -0.05) is 42.5 Å². The van der Waals surface area contributed by atoms with Gasteiger partial charge in [0.15, 0.2) is 0 Å². The molecule has 0 unspecified atom stereocenters. The molecule has 0 amide bonds. The average molecular weight is 395 g/mol. The molecule has 1 saturated carbocycles. The maximum atomic E-state index is 6.04. The van der Waals surface area contributed by atoms with Crippen LogP contribution in [0.5, 0.6) is 5.75 Å². The number of nitrogens with one attached hydrogen (secondary N) is 1. The Labute approximate surface area is 168 Å². The topological polar surface area (TPSA) is 24.5 Å². The zero-order chi connectivity index (χ0) is 16.2. The van der Waals surface area contributed by atoms with Gasteiger partial charge in [0.1, 0.15) is 12.4 Å². The second kappa shape index (κ2) is 10.2. The molecule has 2 aromatic carbocycles. The molecular formula is C21H28Cl2N2O. The number of hydrogen-bond acceptors (Lipinski definition) is 3. The zero-order valence-electron chi connectivity index (χ0n) is 15.0. The fourth-order valence-electron chi connectivity index (χ4n) is 3.68. The highest BCUT2D eigenvalue weighted by atomic mass is 35.5. The van der Waals surface area contributed by atoms with Gasteiger partial charge in [-0.25, -0.2) is 0 Å². The van der Waals surface area contributed by atoms with E-state index in [0.29, 0.717) is 12.6 Å². The molecule has 5 heteroatoms. The Bertz CT molecular complexity index is 658. The van der Waals surface area contributed by atoms with E-state index in [0.717, 1.165) is 37.8 Å². The third-order valence-corrected chi connectivity index (χ3v) is 5.06. The number of halogens is 2. The lowest BCUT2D eigenvalue weighted by Crippen LogP contribution is -2.45. The van der Waals surface area contributed by atoms with Crippen LogP contribution in [-0.4, -0.2) is 31.1 Å². The lowest BCUT2D eigenvalue weighted by molar-refractivity contribution is 0.156. The molecule has 1 aliphatic carbocycles. The monoisotopic (exact) mass is 394 g/mol. The normalized spacial score (nSPS) is 18.3. The van der Waals surface area contributed by atoms with Crippen LogP contribution in [0.1, 0.15) is 30.0 Å². The first-order valence-corrected chi connectivity index (χ1v) is 9.11. The van der Waals surface area contributed by atoms with E-state index in [4.69, 9.17) is 4.74 Å². The van der Waals surface area contributed by atoms with Crippen molar-refractivity contribution in [2.75, 3.05) is 26.2 Å². The van der Waals surface area contributed by atoms with Crippen LogP contribution in [0.4, 0.5) is 0 Å². The molecule has 26 heavy (non-hydrogen) atoms. The molecule has 1 saturated heterocycles. The molecule has 2 fully saturated rings. The first kappa shape index (κ1) is 21.0. The molecule has 0 aromatic heterocycles. The summed E-state index contributed by atoms with van der Waals surface area (Å²) in [6, 6.07) is 19.7. The van der Waals surface area contributed by atoms with Crippen molar-refractivity contribution in [3.05, 3.63) is 65.7 Å². The molecule has 0 bridgehead atoms. The van der Waals surface area contributed by atoms with Gasteiger partial charge in [0.05, 0.1) is 0 Å². The molecule has 0 radical (unpaired) electrons. The second-order valence-corrected chi connectivity index (χ2v) is 6.91. The van der Waals surface area contributed by atoms with Crippen LogP contribution in [0.3, 0.4) is 0 Å². The summed E-state index contributed by atoms with van der Waals surface area (Å²) in [6.45, 7) is 5.14. The van der Waals surface area contributed by atoms with Gasteiger partial charge in [-0.05, 0) is 42.0 Å². The van der Waals surface area contributed by atoms with Crippen molar-refractivity contribution in [3.63, 3.8) is 0 Å². The molecule has 142 valence electrons. The Kier molecular flexibility index (Phi) is 8.23. The highest BCUT2D eigenvalue weighted by Gasteiger charge is 2.36. The van der Waals surface area contributed by atoms with Gasteiger partial charge in [0.2, 0.25) is 0 Å². The van der Waals surface area contributed by atoms with E-state index in [2.05, 4.69) is 58.7 Å². The maximum Gasteiger partial charge on any atom is 0.120 e. The molecule has 2 aromatic rings. The van der Waals surface area contributed by atoms with Crippen molar-refractivity contribution >= 4 is 24.8 Å². The van der Waals surface area contributed by atoms with Crippen molar-refractivity contribution in [3.8, 4) is 5.75 Å². The number of benzene rings is 2. The smallest absolute Gasteiger partial charge is 0.120 e. The molecule has 1 atom stereocenters. The Morgan fingerprint density at radius 1 is 0.962 bits per heavy atom. The molecule has 1 aliphatic heterocycles. The Morgan fingerprint density at radius 2 is 1.69 bits per heavy atom. The standard InChI is InChI=1S/C21H26N2O.2ClH/c1-2-5-17(6-3-1)16-24-20-8-4-7-19(15-20)21(18-9-10-18)23-13-11-22-12-14-23;;/h1-8,15,18,21-22H,9-14,16H2;2*1H/t21-;;/m1../s1. The van der Waals surface area contributed by atoms with Crippen molar-refractivity contribution < 1.29 is 4.74 Å². The summed E-state index contributed by atoms with van der Waals surface area (Å²) in [5.74, 6) is 1.81. The number of hydrogen-bond donors (Lipinski definition) is 1. The van der Waals surface area contributed by atoms with Gasteiger partial charge in [0.25, 0.3) is 0 Å². The Morgan fingerprint density at radius 3 is 2.38 bits per heavy atom. The second-order valence-electron chi connectivity index (χ2n) is 6.91. The van der Waals surface area contributed by atoms with Crippen molar-refractivity contribution in [1.82, 2.24) is 10.2 Å². The van der Waals surface area contributed by atoms with Gasteiger partial charge >= 0.3 is 0 Å². The number of piperazine rings is 1. The fraction of sp³-hybridized carbons (Fsp3) is 0.429. The minimum atomic E-state index is 0. The molecule has 3 nitrogen and oxygen atoms in total. The summed E-state index contributed by atoms with van der Waals surface area (Å²) in [7, 11) is 0. The molecule has 0 spiro atoms. The third-order valence-electron chi connectivity index (χ3n) is 5.06. The van der Waals surface area contributed by atoms with Crippen LogP contribution in [0.15, 0.2) is 54.6 Å². The SMILES string of the molecule is Cl.Cl.c1ccc(COc2cccc([C@@H](C3CC3)N3CCNCC3)c2)cc1. The molecule has 1 N–H and O–H groups in total. The van der Waals surface area contributed by atoms with E-state index in [1.807, 2.05) is 6.07 Å². The predicted molar refractivity (Wildman–Crippen MR) is 112 cm³/mol. The van der Waals surface area contributed by atoms with Crippen LogP contribution >= 0.6 is 24.8 Å². The highest BCUT2D eigenvalue weighted by Crippen LogP contribution is 2.45. The van der Waals surface area contributed by atoms with E-state index in [-0.39, 0.29) is 24.8 Å². The number of ether oxygens (including phenoxy) is 1. The summed E-state index contributed by atoms with van der Waals surface area (Å²) in [4.78, 5) is 2.66. The number of nitrogens with zero attached hydrogens (tertiary/aromatic N) is 1. The largest absolute Gasteiger partial charge is 0.489 e. The van der Waals surface area contributed by atoms with Crippen LogP contribution in [0.25, 0.3) is 0 Å². The van der Waals surface area contributed by atoms with Gasteiger partial charge in [-0.15, -0.1) is 24.8 Å². The summed E-state index contributed by atoms with van der Waals surface area (Å²) in [5.41, 5.74) is 2.63. The van der Waals surface area contributed by atoms with E-state index >= 15 is 0 Å². The third kappa shape index (κ3) is 5.37. The van der Waals surface area contributed by atoms with Crippen LogP contribution < -0.4 is 10.1 Å². The van der Waals surface area contributed by atoms with Gasteiger partial charge in [0, 0.05) is 32.2 Å². The molecule has 1 heterocycles. The van der Waals surface area contributed by atoms with E-state index in [1.54, 1.807) is 0 Å². The maximum absolute atomic E-state index is 6.04. The first-order chi connectivity index (χ1) is 11.9. The quantitative estimate of drug-likeness (QED) is 0.781. The molecule has 4 rings (SSSR count). The average Bonchev–Trinajstić information content (AvgIpc) is 3.47. The predicted octanol–water partition coefficient (Wildman–Crippen LogP) is 4.47. The van der Waals surface area contributed by atoms with Crippen LogP contribution in [0.2, 0.25) is 0 Å². The lowest BCUT2D eigenvalue weighted by atomic mass is 9.99. The number of rotatable bonds is 6. The fourth-order valence-corrected chi connectivity index (χ4v) is 3.68. The molecule has 2 aliphatic rings. The van der Waals surface area contributed by atoms with Crippen LogP contribution in [0, 0.1) is 5.92 Å². The Balaban J connectivity index is 0.00000121. The van der Waals surface area contributed by atoms with E-state index < -0.39 is 0 Å². The van der Waals surface area contributed by atoms with E-state index in [1.165, 1.54) is 24.0 Å².